The average Bonchev–Trinajstić information content (AvgIpc) is 1.56. The van der Waals surface area contributed by atoms with Crippen molar-refractivity contribution in [3.05, 3.63) is 135 Å². The van der Waals surface area contributed by atoms with E-state index in [0.717, 1.165) is 19.6 Å². The molecule has 0 saturated carbocycles. The van der Waals surface area contributed by atoms with Crippen LogP contribution in [0.25, 0.3) is 21.5 Å². The SMILES string of the molecule is CO[C@H]1/C=C/O[C@@]2(C)Oc3c(C)c(O)c4c(O)c(c(/C=N/N5CCN(C)CC5)c(O)c4c3C2=O)NC(=O)/C(C)=C\C=C\[C@H](C)[C@H](O)[C@@H](C)[C@@H](O)[C@@H](C)[C@H](OC(C)=O)[C@@H]1C.CO[C@H]1/C=C/O[C@@]2(C)Oc3c(C)c(O)c4c(O)c(c5c(c4c3C2=O)=NC2(CCN(CC(C)C)CC2)N=5)NC(=O)/C(C)=C\C=C\[C@H](C)[C@H](O)[C@@H](C)[C@@H](O)[C@@H](C)[C@H](OC(C)=O)[C@@H]1C.NC(=O)c1cnccn1. The van der Waals surface area contributed by atoms with E-state index in [1.807, 2.05) is 7.05 Å². The summed E-state index contributed by atoms with van der Waals surface area (Å²) in [5, 5.41) is 117. The molecule has 8 aliphatic heterocycles. The average molecular weight is 1790 g/mol. The van der Waals surface area contributed by atoms with Gasteiger partial charge in [-0.05, 0) is 52.8 Å². The van der Waals surface area contributed by atoms with Crippen molar-refractivity contribution in [3.8, 4) is 40.2 Å². The zero-order valence-electron chi connectivity index (χ0n) is 77.1. The largest absolute Gasteiger partial charge is 0.507 e. The van der Waals surface area contributed by atoms with Crippen LogP contribution in [-0.4, -0.2) is 251 Å². The maximum atomic E-state index is 14.7. The summed E-state index contributed by atoms with van der Waals surface area (Å²) < 4.78 is 47.6. The minimum absolute atomic E-state index is 0.0364. The van der Waals surface area contributed by atoms with Crippen LogP contribution in [0.3, 0.4) is 0 Å². The van der Waals surface area contributed by atoms with Gasteiger partial charge in [-0.1, -0.05) is 106 Å². The van der Waals surface area contributed by atoms with E-state index in [1.165, 1.54) is 105 Å². The number of hydrogen-bond acceptors (Lipinski definition) is 32. The highest BCUT2D eigenvalue weighted by Crippen LogP contribution is 2.56. The van der Waals surface area contributed by atoms with Gasteiger partial charge in [0.15, 0.2) is 17.2 Å². The van der Waals surface area contributed by atoms with Gasteiger partial charge in [0.1, 0.15) is 57.7 Å². The highest BCUT2D eigenvalue weighted by molar-refractivity contribution is 6.24. The number of nitrogens with zero attached hydrogens (tertiary/aromatic N) is 8. The lowest BCUT2D eigenvalue weighted by Gasteiger charge is -2.38. The Balaban J connectivity index is 0.000000244. The molecule has 1 spiro atoms. The number of benzene rings is 4. The molecule has 18 atom stereocenters. The van der Waals surface area contributed by atoms with Gasteiger partial charge in [0, 0.05) is 193 Å². The number of esters is 2. The second kappa shape index (κ2) is 41.1. The number of phenols is 5. The predicted molar refractivity (Wildman–Crippen MR) is 479 cm³/mol. The molecule has 1 aromatic heterocycles. The molecular weight excluding hydrogens is 1670 g/mol. The number of ether oxygens (including phenoxy) is 8. The number of piperazine rings is 1. The van der Waals surface area contributed by atoms with Gasteiger partial charge in [-0.3, -0.25) is 53.5 Å². The van der Waals surface area contributed by atoms with Crippen molar-refractivity contribution in [1.82, 2.24) is 24.8 Å². The van der Waals surface area contributed by atoms with Crippen LogP contribution < -0.4 is 36.6 Å². The van der Waals surface area contributed by atoms with Crippen LogP contribution in [0.4, 0.5) is 11.4 Å². The molecule has 0 aliphatic carbocycles. The van der Waals surface area contributed by atoms with Crippen molar-refractivity contribution in [2.75, 3.05) is 77.7 Å². The number of likely N-dealkylation sites (tertiary alicyclic amines) is 1. The molecule has 0 radical (unpaired) electrons. The fraction of sp³-hybridized carbons (Fsp3) is 0.532. The van der Waals surface area contributed by atoms with E-state index in [-0.39, 0.29) is 106 Å². The highest BCUT2D eigenvalue weighted by atomic mass is 16.7. The predicted octanol–water partition coefficient (Wildman–Crippen LogP) is 8.66. The maximum absolute atomic E-state index is 14.7. The number of rotatable bonds is 9. The Labute approximate surface area is 749 Å². The van der Waals surface area contributed by atoms with Crippen molar-refractivity contribution in [2.24, 2.45) is 74.1 Å². The minimum Gasteiger partial charge on any atom is -0.507 e. The normalized spacial score (nSPS) is 30.7. The van der Waals surface area contributed by atoms with Gasteiger partial charge < -0.3 is 110 Å². The number of phenolic OH excluding ortho intramolecular Hbond substituents is 5. The first kappa shape index (κ1) is 99.7. The van der Waals surface area contributed by atoms with Crippen LogP contribution >= 0.6 is 0 Å². The number of piperidine rings is 1. The lowest BCUT2D eigenvalue weighted by Crippen LogP contribution is -2.46. The quantitative estimate of drug-likeness (QED) is 0.0284. The first-order chi connectivity index (χ1) is 60.7. The van der Waals surface area contributed by atoms with Crippen LogP contribution in [0.15, 0.2) is 106 Å². The van der Waals surface area contributed by atoms with Gasteiger partial charge in [0.2, 0.25) is 0 Å². The number of ketones is 2. The first-order valence-electron chi connectivity index (χ1n) is 43.4. The number of carbonyl (C=O) groups excluding carboxylic acids is 7. The van der Waals surface area contributed by atoms with E-state index < -0.39 is 178 Å². The van der Waals surface area contributed by atoms with Crippen molar-refractivity contribution < 1.29 is 117 Å². The van der Waals surface area contributed by atoms with E-state index in [9.17, 15) is 79.5 Å². The number of hydrogen-bond donors (Lipinski definition) is 12. The molecule has 3 amide bonds. The first-order valence-corrected chi connectivity index (χ1v) is 43.4. The number of aliphatic hydroxyl groups is 4. The molecule has 2 saturated heterocycles. The number of fused-ring (bicyclic) bond motifs is 15. The fourth-order valence-corrected chi connectivity index (χ4v) is 17.5. The zero-order chi connectivity index (χ0) is 95.2. The summed E-state index contributed by atoms with van der Waals surface area (Å²) in [4.78, 5) is 114. The molecular formula is C94H125N11O24. The van der Waals surface area contributed by atoms with Crippen molar-refractivity contribution in [3.63, 3.8) is 0 Å². The number of aliphatic hydroxyl groups excluding tert-OH is 4. The van der Waals surface area contributed by atoms with Crippen LogP contribution in [0, 0.1) is 67.1 Å². The third-order valence-corrected chi connectivity index (χ3v) is 25.6. The summed E-state index contributed by atoms with van der Waals surface area (Å²) in [5.74, 6) is -15.3. The second-order valence-electron chi connectivity index (χ2n) is 35.5. The highest BCUT2D eigenvalue weighted by Gasteiger charge is 2.53. The summed E-state index contributed by atoms with van der Waals surface area (Å²) in [7, 11) is 4.89. The van der Waals surface area contributed by atoms with Crippen molar-refractivity contribution >= 4 is 80.4 Å². The topological polar surface area (TPSA) is 498 Å². The molecule has 4 aromatic carbocycles. The molecule has 9 heterocycles. The Morgan fingerprint density at radius 2 is 1.02 bits per heavy atom. The number of methoxy groups -OCH3 is 2. The summed E-state index contributed by atoms with van der Waals surface area (Å²) in [6.07, 6.45) is 14.1. The number of aromatic hydroxyl groups is 5. The molecule has 13 rings (SSSR count). The zero-order valence-corrected chi connectivity index (χ0v) is 77.1. The Bertz CT molecular complexity index is 5440. The monoisotopic (exact) mass is 1790 g/mol. The smallest absolute Gasteiger partial charge is 0.312 e. The summed E-state index contributed by atoms with van der Waals surface area (Å²) in [5.41, 5.74) is 4.14. The Morgan fingerprint density at radius 1 is 0.581 bits per heavy atom. The number of amides is 3. The number of Topliss-reactive ketones (excluding diaryl/α,β-unsaturated/α-hetero) is 2. The summed E-state index contributed by atoms with van der Waals surface area (Å²) in [6, 6.07) is 0. The molecule has 35 nitrogen and oxygen atoms in total. The third-order valence-electron chi connectivity index (χ3n) is 25.6. The molecule has 35 heteroatoms. The standard InChI is InChI=1S/C46H62N4O11.C43H58N4O12.C5H5N3O/c1-22(2)21-50-18-16-46(17-19-50)48-34-31-32-39(54)28(8)42-33(31)43(56)45(10,61-42)59-20-15-30(58-11)25(5)41(60-29(9)51)27(7)38(53)26(6)37(52)23(3)13-12-14-24(4)44(57)47-36(40(32)55)35(34)49-46;1-21-12-11-13-22(2)42(55)45-33-28(20-44-47-17-15-46(9)16-18-47)37(52)30-31(38(33)53)36(51)26(6)40-32(30)41(54)43(8,59-40)57-19-14-29(56-10)23(3)39(58-27(7)48)25(5)35(50)24(4)34(21)49;6-5(9)4-3-7-1-2-8-4/h12-15,20,22-23,25-27,30,37-38,41,52-55H,16-19,21H2,1-11H3,(H,47,57);11-14,19-21,23-25,29,34-35,39,49-53H,15-18H2,1-10H3,(H,45,55);1-3H,(H2,6,9)/b13-12+,20-15+,24-14-;12-11+,19-14+,22-13-,44-20+;/t23-,25+,26+,27+,30-,37-,38+,41+,45-;21-,23+,24+,25+,29-,34-,35+,39+,43-;/m00./s1. The lowest BCUT2D eigenvalue weighted by molar-refractivity contribution is -0.161. The molecule has 0 unspecified atom stereocenters. The number of carbonyl (C=O) groups is 7. The number of allylic oxidation sites excluding steroid dienone is 4. The third kappa shape index (κ3) is 21.1. The Morgan fingerprint density at radius 3 is 1.45 bits per heavy atom. The molecule has 700 valence electrons. The van der Waals surface area contributed by atoms with Gasteiger partial charge >= 0.3 is 23.5 Å². The van der Waals surface area contributed by atoms with E-state index in [1.54, 1.807) is 111 Å². The lowest BCUT2D eigenvalue weighted by atomic mass is 9.78. The van der Waals surface area contributed by atoms with E-state index in [4.69, 9.17) is 53.6 Å². The fourth-order valence-electron chi connectivity index (χ4n) is 17.5. The molecule has 9 bridgehead atoms. The number of likely N-dealkylation sites (N-methyl/N-ethyl adjacent to an activating group) is 1. The van der Waals surface area contributed by atoms with Crippen LogP contribution in [-0.2, 0) is 47.6 Å². The van der Waals surface area contributed by atoms with Gasteiger partial charge in [0.05, 0.1) is 100 Å². The molecule has 8 aliphatic rings. The molecule has 2 fully saturated rings. The number of aromatic nitrogens is 2. The van der Waals surface area contributed by atoms with E-state index in [2.05, 4.69) is 49.4 Å². The van der Waals surface area contributed by atoms with Crippen LogP contribution in [0.2, 0.25) is 0 Å². The van der Waals surface area contributed by atoms with E-state index in [0.29, 0.717) is 44.9 Å². The van der Waals surface area contributed by atoms with Gasteiger partial charge in [-0.2, -0.15) is 5.10 Å². The van der Waals surface area contributed by atoms with Crippen molar-refractivity contribution in [2.45, 2.75) is 204 Å². The molecule has 5 aromatic rings. The number of anilines is 2. The van der Waals surface area contributed by atoms with Crippen LogP contribution in [0.5, 0.6) is 40.2 Å². The molecule has 13 N–H and O–H groups in total. The summed E-state index contributed by atoms with van der Waals surface area (Å²) >= 11 is 0. The van der Waals surface area contributed by atoms with Crippen molar-refractivity contribution in [1.29, 1.82) is 0 Å². The maximum Gasteiger partial charge on any atom is 0.312 e. The number of nitrogens with two attached hydrogens (primary N) is 1. The van der Waals surface area contributed by atoms with Crippen LogP contribution in [0.1, 0.15) is 172 Å². The Kier molecular flexibility index (Phi) is 31.8. The minimum atomic E-state index is -2.04. The van der Waals surface area contributed by atoms with E-state index >= 15 is 0 Å². The number of primary amides is 1. The van der Waals surface area contributed by atoms with Gasteiger partial charge in [-0.25, -0.2) is 4.98 Å². The van der Waals surface area contributed by atoms with Gasteiger partial charge in [-0.15, -0.1) is 0 Å². The van der Waals surface area contributed by atoms with Gasteiger partial charge in [0.25, 0.3) is 29.3 Å². The molecule has 129 heavy (non-hydrogen) atoms. The Hall–Kier alpha value is -11.4. The summed E-state index contributed by atoms with van der Waals surface area (Å²) in [6.45, 7) is 34.6. The second-order valence-corrected chi connectivity index (χ2v) is 35.5. The number of hydrazone groups is 1. The number of nitrogens with one attached hydrogen (secondary N) is 2.